The van der Waals surface area contributed by atoms with E-state index in [1.165, 1.54) is 32.1 Å². The van der Waals surface area contributed by atoms with Crippen LogP contribution in [0, 0.1) is 0 Å². The monoisotopic (exact) mass is 269 g/mol. The van der Waals surface area contributed by atoms with E-state index < -0.39 is 0 Å². The molecule has 0 aromatic carbocycles. The van der Waals surface area contributed by atoms with Crippen LogP contribution in [0.5, 0.6) is 0 Å². The lowest BCUT2D eigenvalue weighted by molar-refractivity contribution is 0.553. The third-order valence-corrected chi connectivity index (χ3v) is 3.36. The Morgan fingerprint density at radius 2 is 1.73 bits per heavy atom. The first-order valence-electron chi connectivity index (χ1n) is 5.58. The quantitative estimate of drug-likeness (QED) is 0.785. The van der Waals surface area contributed by atoms with Crippen molar-refractivity contribution in [2.45, 2.75) is 32.1 Å². The highest BCUT2D eigenvalue weighted by molar-refractivity contribution is 9.10. The molecule has 2 heterocycles. The summed E-state index contributed by atoms with van der Waals surface area (Å²) >= 11 is 3.51. The minimum absolute atomic E-state index is 1.01. The van der Waals surface area contributed by atoms with E-state index in [0.29, 0.717) is 0 Å². The Bertz CT molecular complexity index is 308. The van der Waals surface area contributed by atoms with Gasteiger partial charge in [-0.05, 0) is 28.8 Å². The number of nitrogens with zero attached hydrogens (tertiary/aromatic N) is 3. The number of anilines is 1. The van der Waals surface area contributed by atoms with Gasteiger partial charge in [-0.3, -0.25) is 0 Å². The van der Waals surface area contributed by atoms with E-state index in [2.05, 4.69) is 30.8 Å². The summed E-state index contributed by atoms with van der Waals surface area (Å²) in [4.78, 5) is 10.7. The maximum atomic E-state index is 4.34. The molecule has 0 amide bonds. The first-order valence-corrected chi connectivity index (χ1v) is 6.37. The molecule has 1 fully saturated rings. The van der Waals surface area contributed by atoms with Gasteiger partial charge in [0.2, 0.25) is 0 Å². The van der Waals surface area contributed by atoms with Crippen molar-refractivity contribution >= 4 is 21.7 Å². The van der Waals surface area contributed by atoms with Crippen molar-refractivity contribution in [1.29, 1.82) is 0 Å². The molecule has 0 aliphatic carbocycles. The minimum Gasteiger partial charge on any atom is -0.356 e. The van der Waals surface area contributed by atoms with Gasteiger partial charge in [0.25, 0.3) is 0 Å². The van der Waals surface area contributed by atoms with Gasteiger partial charge in [0, 0.05) is 19.3 Å². The van der Waals surface area contributed by atoms with Crippen LogP contribution in [-0.2, 0) is 0 Å². The zero-order valence-electron chi connectivity index (χ0n) is 8.82. The molecule has 0 atom stereocenters. The molecule has 1 aromatic heterocycles. The molecule has 1 saturated heterocycles. The zero-order valence-corrected chi connectivity index (χ0v) is 10.4. The van der Waals surface area contributed by atoms with Crippen molar-refractivity contribution in [3.63, 3.8) is 0 Å². The molecule has 0 saturated carbocycles. The SMILES string of the molecule is Brc1cncnc1N1CCCCCCC1. The molecule has 15 heavy (non-hydrogen) atoms. The molecule has 2 rings (SSSR count). The van der Waals surface area contributed by atoms with Gasteiger partial charge in [0.15, 0.2) is 0 Å². The Kier molecular flexibility index (Phi) is 3.94. The molecule has 0 radical (unpaired) electrons. The highest BCUT2D eigenvalue weighted by atomic mass is 79.9. The normalized spacial score (nSPS) is 18.3. The minimum atomic E-state index is 1.01. The van der Waals surface area contributed by atoms with Crippen molar-refractivity contribution in [2.24, 2.45) is 0 Å². The van der Waals surface area contributed by atoms with Crippen LogP contribution in [0.1, 0.15) is 32.1 Å². The van der Waals surface area contributed by atoms with Gasteiger partial charge >= 0.3 is 0 Å². The summed E-state index contributed by atoms with van der Waals surface area (Å²) in [6, 6.07) is 0. The van der Waals surface area contributed by atoms with Crippen LogP contribution in [0.2, 0.25) is 0 Å². The van der Waals surface area contributed by atoms with E-state index in [1.807, 2.05) is 6.20 Å². The van der Waals surface area contributed by atoms with Crippen molar-refractivity contribution in [1.82, 2.24) is 9.97 Å². The molecule has 0 spiro atoms. The molecule has 3 nitrogen and oxygen atoms in total. The van der Waals surface area contributed by atoms with Gasteiger partial charge < -0.3 is 4.90 Å². The van der Waals surface area contributed by atoms with E-state index in [4.69, 9.17) is 0 Å². The van der Waals surface area contributed by atoms with Gasteiger partial charge in [-0.2, -0.15) is 0 Å². The first-order chi connectivity index (χ1) is 7.38. The summed E-state index contributed by atoms with van der Waals surface area (Å²) in [5.41, 5.74) is 0. The average molecular weight is 270 g/mol. The van der Waals surface area contributed by atoms with Crippen LogP contribution in [-0.4, -0.2) is 23.1 Å². The van der Waals surface area contributed by atoms with Crippen molar-refractivity contribution < 1.29 is 0 Å². The van der Waals surface area contributed by atoms with Crippen LogP contribution in [0.3, 0.4) is 0 Å². The second-order valence-electron chi connectivity index (χ2n) is 3.95. The van der Waals surface area contributed by atoms with E-state index >= 15 is 0 Å². The third kappa shape index (κ3) is 2.91. The summed E-state index contributed by atoms with van der Waals surface area (Å²) in [5.74, 6) is 1.05. The van der Waals surface area contributed by atoms with Crippen molar-refractivity contribution in [3.8, 4) is 0 Å². The molecule has 82 valence electrons. The Morgan fingerprint density at radius 1 is 1.07 bits per heavy atom. The van der Waals surface area contributed by atoms with E-state index in [-0.39, 0.29) is 0 Å². The predicted octanol–water partition coefficient (Wildman–Crippen LogP) is 3.01. The Labute approximate surface area is 99.0 Å². The summed E-state index contributed by atoms with van der Waals surface area (Å²) in [6.07, 6.45) is 10.1. The molecule has 0 bridgehead atoms. The highest BCUT2D eigenvalue weighted by Gasteiger charge is 2.12. The second-order valence-corrected chi connectivity index (χ2v) is 4.80. The fraction of sp³-hybridized carbons (Fsp3) is 0.636. The summed E-state index contributed by atoms with van der Waals surface area (Å²) in [7, 11) is 0. The molecule has 0 unspecified atom stereocenters. The number of rotatable bonds is 1. The molecule has 0 N–H and O–H groups in total. The number of aromatic nitrogens is 2. The first kappa shape index (κ1) is 10.9. The summed E-state index contributed by atoms with van der Waals surface area (Å²) in [6.45, 7) is 2.24. The van der Waals surface area contributed by atoms with E-state index in [0.717, 1.165) is 23.4 Å². The fourth-order valence-corrected chi connectivity index (χ4v) is 2.47. The summed E-state index contributed by atoms with van der Waals surface area (Å²) in [5, 5.41) is 0. The Morgan fingerprint density at radius 3 is 2.40 bits per heavy atom. The van der Waals surface area contributed by atoms with E-state index in [9.17, 15) is 0 Å². The van der Waals surface area contributed by atoms with Crippen LogP contribution in [0.25, 0.3) is 0 Å². The largest absolute Gasteiger partial charge is 0.356 e. The lowest BCUT2D eigenvalue weighted by Crippen LogP contribution is -2.28. The van der Waals surface area contributed by atoms with Crippen LogP contribution in [0.15, 0.2) is 17.0 Å². The molecular weight excluding hydrogens is 254 g/mol. The van der Waals surface area contributed by atoms with Crippen LogP contribution in [0.4, 0.5) is 5.82 Å². The van der Waals surface area contributed by atoms with Gasteiger partial charge in [-0.25, -0.2) is 9.97 Å². The maximum Gasteiger partial charge on any atom is 0.146 e. The smallest absolute Gasteiger partial charge is 0.146 e. The van der Waals surface area contributed by atoms with Gasteiger partial charge in [-0.15, -0.1) is 0 Å². The topological polar surface area (TPSA) is 29.0 Å². The van der Waals surface area contributed by atoms with Crippen molar-refractivity contribution in [3.05, 3.63) is 17.0 Å². The molecular formula is C11H16BrN3. The molecule has 1 aliphatic heterocycles. The number of halogens is 1. The van der Waals surface area contributed by atoms with E-state index in [1.54, 1.807) is 6.33 Å². The summed E-state index contributed by atoms with van der Waals surface area (Å²) < 4.78 is 1.01. The van der Waals surface area contributed by atoms with Gasteiger partial charge in [0.05, 0.1) is 4.47 Å². The predicted molar refractivity (Wildman–Crippen MR) is 65.0 cm³/mol. The molecule has 4 heteroatoms. The third-order valence-electron chi connectivity index (χ3n) is 2.80. The van der Waals surface area contributed by atoms with Crippen LogP contribution >= 0.6 is 15.9 Å². The number of hydrogen-bond acceptors (Lipinski definition) is 3. The van der Waals surface area contributed by atoms with Crippen molar-refractivity contribution in [2.75, 3.05) is 18.0 Å². The molecule has 1 aromatic rings. The Hall–Kier alpha value is -0.640. The average Bonchev–Trinajstić information content (AvgIpc) is 2.19. The lowest BCUT2D eigenvalue weighted by Gasteiger charge is -2.26. The lowest BCUT2D eigenvalue weighted by atomic mass is 10.1. The second kappa shape index (κ2) is 5.45. The number of hydrogen-bond donors (Lipinski definition) is 0. The fourth-order valence-electron chi connectivity index (χ4n) is 2.00. The maximum absolute atomic E-state index is 4.34. The highest BCUT2D eigenvalue weighted by Crippen LogP contribution is 2.24. The van der Waals surface area contributed by atoms with Crippen LogP contribution < -0.4 is 4.90 Å². The zero-order chi connectivity index (χ0) is 10.5. The Balaban J connectivity index is 2.10. The van der Waals surface area contributed by atoms with Gasteiger partial charge in [0.1, 0.15) is 12.1 Å². The van der Waals surface area contributed by atoms with Gasteiger partial charge in [-0.1, -0.05) is 19.3 Å². The molecule has 1 aliphatic rings. The standard InChI is InChI=1S/C11H16BrN3/c12-10-8-13-9-14-11(10)15-6-4-2-1-3-5-7-15/h8-9H,1-7H2.